The van der Waals surface area contributed by atoms with E-state index in [0.29, 0.717) is 11.8 Å². The van der Waals surface area contributed by atoms with Crippen LogP contribution in [0.3, 0.4) is 0 Å². The fourth-order valence-corrected chi connectivity index (χ4v) is 10.6. The van der Waals surface area contributed by atoms with Gasteiger partial charge < -0.3 is 0 Å². The summed E-state index contributed by atoms with van der Waals surface area (Å²) in [7, 11) is 0. The average Bonchev–Trinajstić information content (AvgIpc) is 2.44. The van der Waals surface area contributed by atoms with Crippen molar-refractivity contribution in [3.63, 3.8) is 0 Å². The third kappa shape index (κ3) is 8.21. The van der Waals surface area contributed by atoms with Gasteiger partial charge in [-0.15, -0.1) is 0 Å². The average molecular weight is 367 g/mol. The van der Waals surface area contributed by atoms with Gasteiger partial charge in [-0.25, -0.2) is 0 Å². The van der Waals surface area contributed by atoms with Crippen LogP contribution in [0.1, 0.15) is 53.4 Å². The summed E-state index contributed by atoms with van der Waals surface area (Å²) in [5.74, 6) is 4.80. The number of hydrogen-bond donors (Lipinski definition) is 0. The highest BCUT2D eigenvalue weighted by Crippen LogP contribution is 2.71. The molecule has 1 rings (SSSR count). The minimum absolute atomic E-state index is 0.545. The largest absolute Gasteiger partial charge is 0.296 e. The molecule has 0 saturated heterocycles. The summed E-state index contributed by atoms with van der Waals surface area (Å²) >= 11 is 9.66. The molecule has 0 radical (unpaired) electrons. The number of rotatable bonds is 8. The molecule has 0 atom stereocenters. The molecule has 1 nitrogen and oxygen atoms in total. The Hall–Kier alpha value is 0.700. The van der Waals surface area contributed by atoms with E-state index in [9.17, 15) is 4.57 Å². The van der Waals surface area contributed by atoms with Gasteiger partial charge in [-0.3, -0.25) is 4.57 Å². The van der Waals surface area contributed by atoms with Crippen molar-refractivity contribution in [1.29, 1.82) is 0 Å². The van der Waals surface area contributed by atoms with Crippen molar-refractivity contribution in [2.24, 2.45) is 11.8 Å². The van der Waals surface area contributed by atoms with E-state index in [-0.39, 0.29) is 0 Å². The summed E-state index contributed by atoms with van der Waals surface area (Å²) in [6, 6.07) is 0. The Morgan fingerprint density at radius 1 is 1.24 bits per heavy atom. The lowest BCUT2D eigenvalue weighted by Gasteiger charge is -2.18. The third-order valence-electron chi connectivity index (χ3n) is 3.04. The molecular weight excluding hydrogens is 339 g/mol. The molecule has 0 aromatic heterocycles. The summed E-state index contributed by atoms with van der Waals surface area (Å²) in [6.07, 6.45) is 6.78. The van der Waals surface area contributed by atoms with Crippen molar-refractivity contribution >= 4 is 39.9 Å². The Labute approximate surface area is 143 Å². The molecule has 0 aliphatic heterocycles. The quantitative estimate of drug-likeness (QED) is 0.413. The lowest BCUT2D eigenvalue weighted by molar-refractivity contribution is 0.597. The first-order valence-electron chi connectivity index (χ1n) is 7.79. The molecule has 0 spiro atoms. The summed E-state index contributed by atoms with van der Waals surface area (Å²) in [5.41, 5.74) is -1.26. The Bertz CT molecular complexity index is 414. The predicted molar refractivity (Wildman–Crippen MR) is 103 cm³/mol. The number of allylic oxidation sites excluding steroid dienone is 3. The van der Waals surface area contributed by atoms with Crippen molar-refractivity contribution in [2.75, 3.05) is 11.5 Å². The second kappa shape index (κ2) is 9.75. The summed E-state index contributed by atoms with van der Waals surface area (Å²) < 4.78 is 13.2. The molecule has 1 aliphatic carbocycles. The Morgan fingerprint density at radius 2 is 1.81 bits per heavy atom. The molecule has 0 amide bonds. The van der Waals surface area contributed by atoms with Gasteiger partial charge >= 0.3 is 0 Å². The zero-order chi connectivity index (χ0) is 15.9. The molecule has 21 heavy (non-hydrogen) atoms. The summed E-state index contributed by atoms with van der Waals surface area (Å²) in [6.45, 7) is 8.66. The van der Waals surface area contributed by atoms with Gasteiger partial charge in [0.1, 0.15) is 0 Å². The van der Waals surface area contributed by atoms with Crippen LogP contribution in [0, 0.1) is 11.8 Å². The summed E-state index contributed by atoms with van der Waals surface area (Å²) in [5, 5.41) is 0.727. The molecule has 0 aromatic rings. The maximum absolute atomic E-state index is 13.2. The molecule has 0 heterocycles. The summed E-state index contributed by atoms with van der Waals surface area (Å²) in [4.78, 5) is 0. The molecule has 1 aliphatic rings. The molecule has 0 saturated carbocycles. The molecule has 0 bridgehead atoms. The Balaban J connectivity index is 2.83. The van der Waals surface area contributed by atoms with Crippen molar-refractivity contribution < 1.29 is 4.57 Å². The Kier molecular flexibility index (Phi) is 9.17. The molecule has 0 fully saturated rings. The first kappa shape index (κ1) is 19.7. The molecule has 122 valence electrons. The maximum atomic E-state index is 13.2. The molecule has 0 N–H and O–H groups in total. The van der Waals surface area contributed by atoms with E-state index in [1.807, 2.05) is 5.82 Å². The number of hydrogen-bond acceptors (Lipinski definition) is 3. The van der Waals surface area contributed by atoms with Crippen LogP contribution in [0.4, 0.5) is 0 Å². The van der Waals surface area contributed by atoms with Crippen LogP contribution in [-0.2, 0) is 4.57 Å². The first-order chi connectivity index (χ1) is 9.82. The topological polar surface area (TPSA) is 17.1 Å². The van der Waals surface area contributed by atoms with Gasteiger partial charge in [-0.1, -0.05) is 68.1 Å². The molecule has 5 heteroatoms. The molecule has 0 unspecified atom stereocenters. The standard InChI is InChI=1S/C16H28ClOPS2/c1-13(2)11-20-19(18,21-12-14(3)4)10-16(17)15-8-6-5-7-9-15/h8,10,13-14H,5-7,9,11-12H2,1-4H3. The highest BCUT2D eigenvalue weighted by atomic mass is 35.5. The van der Waals surface area contributed by atoms with Gasteiger partial charge in [0.05, 0.1) is 0 Å². The SMILES string of the molecule is CC(C)CSP(=O)(C=C(Cl)C1=CCCCC1)SCC(C)C. The lowest BCUT2D eigenvalue weighted by Crippen LogP contribution is -1.94. The van der Waals surface area contributed by atoms with Crippen LogP contribution in [0.2, 0.25) is 0 Å². The van der Waals surface area contributed by atoms with Crippen LogP contribution in [-0.4, -0.2) is 11.5 Å². The van der Waals surface area contributed by atoms with Crippen molar-refractivity contribution in [3.8, 4) is 0 Å². The minimum Gasteiger partial charge on any atom is -0.296 e. The Morgan fingerprint density at radius 3 is 2.24 bits per heavy atom. The fourth-order valence-electron chi connectivity index (χ4n) is 1.89. The van der Waals surface area contributed by atoms with Gasteiger partial charge in [0.25, 0.3) is 0 Å². The smallest absolute Gasteiger partial charge is 0.213 e. The van der Waals surface area contributed by atoms with Crippen LogP contribution in [0.15, 0.2) is 22.5 Å². The van der Waals surface area contributed by atoms with E-state index in [2.05, 4.69) is 33.8 Å². The van der Waals surface area contributed by atoms with Gasteiger partial charge in [0.15, 0.2) is 0 Å². The van der Waals surface area contributed by atoms with Gasteiger partial charge in [-0.05, 0) is 43.1 Å². The second-order valence-corrected chi connectivity index (χ2v) is 14.8. The highest BCUT2D eigenvalue weighted by molar-refractivity contribution is 8.91. The van der Waals surface area contributed by atoms with Gasteiger partial charge in [-0.2, -0.15) is 0 Å². The normalized spacial score (nSPS) is 17.5. The second-order valence-electron chi connectivity index (χ2n) is 6.37. The van der Waals surface area contributed by atoms with Crippen molar-refractivity contribution in [2.45, 2.75) is 53.4 Å². The fraction of sp³-hybridized carbons (Fsp3) is 0.750. The third-order valence-corrected chi connectivity index (χ3v) is 12.1. The van der Waals surface area contributed by atoms with E-state index in [1.165, 1.54) is 18.4 Å². The van der Waals surface area contributed by atoms with Crippen LogP contribution in [0.5, 0.6) is 0 Å². The zero-order valence-corrected chi connectivity index (χ0v) is 16.9. The van der Waals surface area contributed by atoms with E-state index in [4.69, 9.17) is 11.6 Å². The van der Waals surface area contributed by atoms with E-state index in [0.717, 1.165) is 29.4 Å². The predicted octanol–water partition coefficient (Wildman–Crippen LogP) is 7.54. The van der Waals surface area contributed by atoms with Gasteiger partial charge in [0, 0.05) is 22.4 Å². The first-order valence-corrected chi connectivity index (χ1v) is 13.1. The molecule has 0 aromatic carbocycles. The highest BCUT2D eigenvalue weighted by Gasteiger charge is 2.23. The van der Waals surface area contributed by atoms with E-state index < -0.39 is 5.55 Å². The van der Waals surface area contributed by atoms with Crippen molar-refractivity contribution in [1.82, 2.24) is 0 Å². The van der Waals surface area contributed by atoms with Crippen LogP contribution in [0.25, 0.3) is 0 Å². The lowest BCUT2D eigenvalue weighted by atomic mass is 10.00. The monoisotopic (exact) mass is 366 g/mol. The maximum Gasteiger partial charge on any atom is 0.213 e. The van der Waals surface area contributed by atoms with E-state index >= 15 is 0 Å². The zero-order valence-electron chi connectivity index (χ0n) is 13.6. The van der Waals surface area contributed by atoms with Crippen LogP contribution >= 0.6 is 39.9 Å². The minimum atomic E-state index is -2.45. The van der Waals surface area contributed by atoms with E-state index in [1.54, 1.807) is 22.8 Å². The number of halogens is 1. The van der Waals surface area contributed by atoms with Crippen LogP contribution < -0.4 is 0 Å². The van der Waals surface area contributed by atoms with Crippen molar-refractivity contribution in [3.05, 3.63) is 22.5 Å². The molecular formula is C16H28ClOPS2. The van der Waals surface area contributed by atoms with Gasteiger partial charge in [0.2, 0.25) is 5.55 Å².